The lowest BCUT2D eigenvalue weighted by molar-refractivity contribution is -0.686. The Morgan fingerprint density at radius 1 is 1.50 bits per heavy atom. The van der Waals surface area contributed by atoms with Gasteiger partial charge in [-0.3, -0.25) is 0 Å². The molecule has 1 rings (SSSR count). The summed E-state index contributed by atoms with van der Waals surface area (Å²) in [6.07, 6.45) is 9.47. The highest BCUT2D eigenvalue weighted by atomic mass is 15.1. The first-order chi connectivity index (χ1) is 4.86. The maximum Gasteiger partial charge on any atom is 0.248 e. The zero-order chi connectivity index (χ0) is 7.40. The summed E-state index contributed by atoms with van der Waals surface area (Å²) in [5.74, 6) is 0. The Balaban J connectivity index is 2.77. The van der Waals surface area contributed by atoms with Crippen LogP contribution in [-0.4, -0.2) is 4.57 Å². The van der Waals surface area contributed by atoms with E-state index in [4.69, 9.17) is 0 Å². The molecule has 0 radical (unpaired) electrons. The summed E-state index contributed by atoms with van der Waals surface area (Å²) < 4.78 is 3.91. The monoisotopic (exact) mass is 135 g/mol. The second kappa shape index (κ2) is 3.01. The number of allylic oxidation sites excluding steroid dienone is 1. The smallest absolute Gasteiger partial charge is 0.233 e. The van der Waals surface area contributed by atoms with Crippen molar-refractivity contribution in [1.29, 1.82) is 0 Å². The Morgan fingerprint density at radius 2 is 2.30 bits per heavy atom. The topological polar surface area (TPSA) is 8.81 Å². The van der Waals surface area contributed by atoms with Crippen LogP contribution >= 0.6 is 0 Å². The Hall–Kier alpha value is -1.31. The van der Waals surface area contributed by atoms with Crippen molar-refractivity contribution in [2.45, 2.75) is 6.54 Å². The normalized spacial score (nSPS) is 9.20. The molecule has 0 saturated heterocycles. The van der Waals surface area contributed by atoms with Gasteiger partial charge in [0.15, 0.2) is 0 Å². The third-order valence-corrected chi connectivity index (χ3v) is 1.26. The number of hydrogen-bond acceptors (Lipinski definition) is 0. The van der Waals surface area contributed by atoms with Gasteiger partial charge in [-0.15, -0.1) is 0 Å². The van der Waals surface area contributed by atoms with Crippen molar-refractivity contribution in [2.24, 2.45) is 0 Å². The molecule has 0 unspecified atom stereocenters. The fourth-order valence-electron chi connectivity index (χ4n) is 0.776. The SMILES string of the molecule is C=CC[n+]1ccn(C=C)c1. The molecule has 0 aliphatic rings. The minimum absolute atomic E-state index is 0.848. The number of imidazole rings is 1. The zero-order valence-corrected chi connectivity index (χ0v) is 5.90. The van der Waals surface area contributed by atoms with Crippen LogP contribution in [0.25, 0.3) is 6.20 Å². The van der Waals surface area contributed by atoms with Gasteiger partial charge >= 0.3 is 0 Å². The third kappa shape index (κ3) is 1.35. The van der Waals surface area contributed by atoms with Crippen molar-refractivity contribution >= 4 is 6.20 Å². The van der Waals surface area contributed by atoms with Crippen LogP contribution in [0.5, 0.6) is 0 Å². The van der Waals surface area contributed by atoms with Crippen LogP contribution < -0.4 is 4.57 Å². The van der Waals surface area contributed by atoms with E-state index in [1.807, 2.05) is 33.9 Å². The van der Waals surface area contributed by atoms with E-state index >= 15 is 0 Å². The fraction of sp³-hybridized carbons (Fsp3) is 0.125. The van der Waals surface area contributed by atoms with E-state index < -0.39 is 0 Å². The summed E-state index contributed by atoms with van der Waals surface area (Å²) in [4.78, 5) is 0. The van der Waals surface area contributed by atoms with E-state index in [2.05, 4.69) is 13.2 Å². The minimum Gasteiger partial charge on any atom is -0.233 e. The average Bonchev–Trinajstić information content (AvgIpc) is 2.37. The lowest BCUT2D eigenvalue weighted by atomic mass is 10.6. The van der Waals surface area contributed by atoms with Crippen LogP contribution in [0.2, 0.25) is 0 Å². The molecule has 0 amide bonds. The Bertz CT molecular complexity index is 235. The van der Waals surface area contributed by atoms with Gasteiger partial charge in [-0.05, 0) is 0 Å². The van der Waals surface area contributed by atoms with Gasteiger partial charge in [0.25, 0.3) is 0 Å². The molecule has 0 spiro atoms. The maximum absolute atomic E-state index is 3.64. The maximum atomic E-state index is 3.64. The van der Waals surface area contributed by atoms with Crippen molar-refractivity contribution < 1.29 is 4.57 Å². The Labute approximate surface area is 60.7 Å². The van der Waals surface area contributed by atoms with Gasteiger partial charge in [-0.25, -0.2) is 9.13 Å². The third-order valence-electron chi connectivity index (χ3n) is 1.26. The van der Waals surface area contributed by atoms with Gasteiger partial charge in [0.2, 0.25) is 6.33 Å². The van der Waals surface area contributed by atoms with E-state index in [9.17, 15) is 0 Å². The lowest BCUT2D eigenvalue weighted by Crippen LogP contribution is -2.29. The van der Waals surface area contributed by atoms with Crippen molar-refractivity contribution in [3.05, 3.63) is 38.0 Å². The van der Waals surface area contributed by atoms with Crippen molar-refractivity contribution in [1.82, 2.24) is 4.57 Å². The molecule has 0 atom stereocenters. The van der Waals surface area contributed by atoms with Crippen LogP contribution in [-0.2, 0) is 6.54 Å². The van der Waals surface area contributed by atoms with Gasteiger partial charge in [0.05, 0.1) is 6.20 Å². The highest BCUT2D eigenvalue weighted by molar-refractivity contribution is 5.13. The summed E-state index contributed by atoms with van der Waals surface area (Å²) in [7, 11) is 0. The quantitative estimate of drug-likeness (QED) is 0.433. The molecule has 0 aromatic carbocycles. The predicted octanol–water partition coefficient (Wildman–Crippen LogP) is 1.06. The van der Waals surface area contributed by atoms with E-state index in [-0.39, 0.29) is 0 Å². The summed E-state index contributed by atoms with van der Waals surface area (Å²) in [6, 6.07) is 0. The van der Waals surface area contributed by atoms with Gasteiger partial charge in [0, 0.05) is 0 Å². The molecule has 0 aliphatic carbocycles. The van der Waals surface area contributed by atoms with E-state index in [0.717, 1.165) is 6.54 Å². The van der Waals surface area contributed by atoms with Crippen LogP contribution in [0.4, 0.5) is 0 Å². The van der Waals surface area contributed by atoms with Crippen molar-refractivity contribution in [3.63, 3.8) is 0 Å². The summed E-state index contributed by atoms with van der Waals surface area (Å²) in [5.41, 5.74) is 0. The molecule has 0 aliphatic heterocycles. The molecular weight excluding hydrogens is 124 g/mol. The average molecular weight is 135 g/mol. The predicted molar refractivity (Wildman–Crippen MR) is 41.2 cm³/mol. The van der Waals surface area contributed by atoms with E-state index in [0.29, 0.717) is 0 Å². The van der Waals surface area contributed by atoms with Gasteiger partial charge < -0.3 is 0 Å². The summed E-state index contributed by atoms with van der Waals surface area (Å²) in [6.45, 7) is 8.11. The van der Waals surface area contributed by atoms with Gasteiger partial charge in [0.1, 0.15) is 18.9 Å². The molecule has 1 aromatic rings. The fourth-order valence-corrected chi connectivity index (χ4v) is 0.776. The molecule has 52 valence electrons. The largest absolute Gasteiger partial charge is 0.248 e. The number of hydrogen-bond donors (Lipinski definition) is 0. The summed E-state index contributed by atoms with van der Waals surface area (Å²) in [5, 5.41) is 0. The molecular formula is C8H11N2+. The Kier molecular flexibility index (Phi) is 2.05. The van der Waals surface area contributed by atoms with Crippen LogP contribution in [0.15, 0.2) is 38.0 Å². The molecule has 0 N–H and O–H groups in total. The Morgan fingerprint density at radius 3 is 2.80 bits per heavy atom. The van der Waals surface area contributed by atoms with Crippen LogP contribution in [0.1, 0.15) is 0 Å². The first-order valence-corrected chi connectivity index (χ1v) is 3.17. The standard InChI is InChI=1S/C8H11N2/c1-3-5-10-7-6-9(4-2)8-10/h3-4,6-8H,1-2,5H2/q+1. The number of aromatic nitrogens is 2. The molecule has 2 heteroatoms. The minimum atomic E-state index is 0.848. The zero-order valence-electron chi connectivity index (χ0n) is 5.90. The van der Waals surface area contributed by atoms with Gasteiger partial charge in [-0.1, -0.05) is 19.2 Å². The molecule has 0 fully saturated rings. The highest BCUT2D eigenvalue weighted by Gasteiger charge is 1.95. The number of nitrogens with zero attached hydrogens (tertiary/aromatic N) is 2. The lowest BCUT2D eigenvalue weighted by Gasteiger charge is -1.83. The molecule has 1 aromatic heterocycles. The summed E-state index contributed by atoms with van der Waals surface area (Å²) >= 11 is 0. The number of rotatable bonds is 3. The van der Waals surface area contributed by atoms with Crippen molar-refractivity contribution in [3.8, 4) is 0 Å². The second-order valence-corrected chi connectivity index (χ2v) is 2.03. The first-order valence-electron chi connectivity index (χ1n) is 3.17. The van der Waals surface area contributed by atoms with Gasteiger partial charge in [-0.2, -0.15) is 0 Å². The van der Waals surface area contributed by atoms with Crippen molar-refractivity contribution in [2.75, 3.05) is 0 Å². The van der Waals surface area contributed by atoms with E-state index in [1.54, 1.807) is 6.20 Å². The molecule has 1 heterocycles. The second-order valence-electron chi connectivity index (χ2n) is 2.03. The molecule has 0 bridgehead atoms. The first kappa shape index (κ1) is 6.81. The molecule has 10 heavy (non-hydrogen) atoms. The highest BCUT2D eigenvalue weighted by Crippen LogP contribution is 1.82. The van der Waals surface area contributed by atoms with Crippen LogP contribution in [0, 0.1) is 0 Å². The molecule has 0 saturated carbocycles. The molecule has 2 nitrogen and oxygen atoms in total. The van der Waals surface area contributed by atoms with Crippen LogP contribution in [0.3, 0.4) is 0 Å². The van der Waals surface area contributed by atoms with E-state index in [1.165, 1.54) is 0 Å².